The molecule has 2 aliphatic carbocycles. The summed E-state index contributed by atoms with van der Waals surface area (Å²) in [5.41, 5.74) is 0. The van der Waals surface area contributed by atoms with Crippen molar-refractivity contribution in [3.8, 4) is 0 Å². The van der Waals surface area contributed by atoms with E-state index in [2.05, 4.69) is 20.0 Å². The van der Waals surface area contributed by atoms with Crippen LogP contribution in [-0.4, -0.2) is 119 Å². The average molecular weight is 1430 g/mol. The summed E-state index contributed by atoms with van der Waals surface area (Å²) in [6, 6.07) is 80.4. The first-order valence-electron chi connectivity index (χ1n) is 33.1. The van der Waals surface area contributed by atoms with Crippen molar-refractivity contribution < 1.29 is 67.8 Å². The number of ether oxygens (including phenoxy) is 1. The van der Waals surface area contributed by atoms with E-state index in [1.165, 1.54) is 0 Å². The van der Waals surface area contributed by atoms with E-state index in [1.54, 1.807) is 7.11 Å². The fourth-order valence-corrected chi connectivity index (χ4v) is 67.8. The molecular weight excluding hydrogens is 1350 g/mol. The first-order chi connectivity index (χ1) is 45.7. The minimum absolute atomic E-state index is 0.0903. The quantitative estimate of drug-likeness (QED) is 0.0807. The van der Waals surface area contributed by atoms with Gasteiger partial charge < -0.3 is 67.8 Å². The van der Waals surface area contributed by atoms with Gasteiger partial charge in [0.25, 0.3) is 0 Å². The van der Waals surface area contributed by atoms with Crippen LogP contribution in [0.5, 0.6) is 0 Å². The van der Waals surface area contributed by atoms with Crippen molar-refractivity contribution in [1.82, 2.24) is 0 Å². The van der Waals surface area contributed by atoms with Crippen LogP contribution in [0.3, 0.4) is 0 Å². The number of benzene rings is 8. The molecule has 16 atom stereocenters. The molecule has 8 aromatic carbocycles. The summed E-state index contributed by atoms with van der Waals surface area (Å²) in [6.45, 7) is 6.36. The molecule has 1 N–H and O–H groups in total. The molecule has 94 heavy (non-hydrogen) atoms. The Morgan fingerprint density at radius 3 is 1.12 bits per heavy atom. The molecule has 5 saturated heterocycles. The Labute approximate surface area is 562 Å². The van der Waals surface area contributed by atoms with Gasteiger partial charge in [0.15, 0.2) is 0 Å². The minimum atomic E-state index is -5.26. The maximum Gasteiger partial charge on any atom is 0.520 e. The molecule has 5 aliphatic heterocycles. The van der Waals surface area contributed by atoms with Gasteiger partial charge in [-0.05, 0) is 99.5 Å². The van der Waals surface area contributed by atoms with Gasteiger partial charge in [0.2, 0.25) is 0 Å². The monoisotopic (exact) mass is 1430 g/mol. The number of hydrogen-bond acceptors (Lipinski definition) is 16. The third kappa shape index (κ3) is 12.9. The molecule has 16 nitrogen and oxygen atoms in total. The summed E-state index contributed by atoms with van der Waals surface area (Å²) in [5.74, 6) is 0.597. The SMILES string of the molecule is CO[Si]1(c2ccccc2)O[Si](C)(CCC2CCC(O)C(C)C2)O[Si]2(c3ccccc3)O[Si]3(c4ccccc4)O[SiH](c4ccccc4)O[Si]4(c5ccccc5)O[Si](C)(CCC5CCC6OC6C5)O[Si](c5ccccc5)(O3)O[Si](c3ccccc3)(O2)O[Si](c2ccccc2)(O1)O4. The normalized spacial score (nSPS) is 37.3. The van der Waals surface area contributed by atoms with Crippen LogP contribution in [0.15, 0.2) is 243 Å². The zero-order valence-electron chi connectivity index (χ0n) is 53.3. The van der Waals surface area contributed by atoms with Crippen LogP contribution in [0.4, 0.5) is 0 Å². The van der Waals surface area contributed by atoms with Crippen molar-refractivity contribution in [1.29, 1.82) is 0 Å². The van der Waals surface area contributed by atoms with E-state index in [4.69, 9.17) is 62.7 Å². The summed E-state index contributed by atoms with van der Waals surface area (Å²) in [7, 11) is -45.6. The summed E-state index contributed by atoms with van der Waals surface area (Å²) in [4.78, 5) is 0. The van der Waals surface area contributed by atoms with E-state index in [-0.39, 0.29) is 24.0 Å². The maximum atomic E-state index is 11.2. The number of hydrogen-bond donors (Lipinski definition) is 1. The fourth-order valence-electron chi connectivity index (χ4n) is 14.4. The average Bonchev–Trinajstić information content (AvgIpc) is 0.989. The standard InChI is InChI=1S/C68H80O16Si10/c1-55-53-56(45-47-66(55)69)49-51-86(3)74-88(70-2,59-31-15-6-16-32-59)78-93(64-41-25-11-26-42-64)79-89(60-33-17-7-18-34-60)72-85(58-29-13-5-14-30-58)73-90(61-35-19-8-20-36-61)80-91(76-86,62-37-21-9-22-38-62)82-94(84-93,65-43-27-12-28-44-65)83-92(81-90,63-39-23-10-24-40-63)77-87(4,75-89)52-50-57-46-48-67-68(54-57)71-67/h5-44,55-57,66-69,85H,45-54H2,1-4H3. The molecule has 7 fully saturated rings. The number of epoxide rings is 1. The molecule has 6 bridgehead atoms. The van der Waals surface area contributed by atoms with Gasteiger partial charge in [-0.1, -0.05) is 250 Å². The predicted molar refractivity (Wildman–Crippen MR) is 378 cm³/mol. The van der Waals surface area contributed by atoms with Gasteiger partial charge in [-0.3, -0.25) is 0 Å². The van der Waals surface area contributed by atoms with Crippen molar-refractivity contribution in [2.24, 2.45) is 17.8 Å². The van der Waals surface area contributed by atoms with Gasteiger partial charge in [0.1, 0.15) is 0 Å². The van der Waals surface area contributed by atoms with Crippen molar-refractivity contribution in [3.63, 3.8) is 0 Å². The molecule has 0 spiro atoms. The van der Waals surface area contributed by atoms with Gasteiger partial charge in [0, 0.05) is 43.4 Å². The van der Waals surface area contributed by atoms with Gasteiger partial charge in [-0.2, -0.15) is 0 Å². The summed E-state index contributed by atoms with van der Waals surface area (Å²) >= 11 is 0. The lowest BCUT2D eigenvalue weighted by Crippen LogP contribution is -2.89. The second kappa shape index (κ2) is 26.5. The maximum absolute atomic E-state index is 11.2. The van der Waals surface area contributed by atoms with Crippen LogP contribution in [0.1, 0.15) is 58.3 Å². The lowest BCUT2D eigenvalue weighted by Gasteiger charge is -2.58. The van der Waals surface area contributed by atoms with Gasteiger partial charge in [0.05, 0.1) is 18.3 Å². The highest BCUT2D eigenvalue weighted by molar-refractivity contribution is 7.10. The summed E-state index contributed by atoms with van der Waals surface area (Å²) < 4.78 is 125. The third-order valence-corrected chi connectivity index (χ3v) is 61.0. The molecule has 7 aliphatic rings. The molecule has 0 amide bonds. The number of aliphatic hydroxyl groups excluding tert-OH is 1. The van der Waals surface area contributed by atoms with E-state index in [0.29, 0.717) is 73.3 Å². The molecule has 0 aromatic heterocycles. The van der Waals surface area contributed by atoms with Crippen molar-refractivity contribution in [3.05, 3.63) is 243 Å². The summed E-state index contributed by atoms with van der Waals surface area (Å²) in [6.07, 6.45) is 6.78. The molecule has 8 aromatic rings. The number of fused-ring (bicyclic) bond motifs is 7. The first-order valence-corrected chi connectivity index (χ1v) is 51.7. The van der Waals surface area contributed by atoms with Crippen molar-refractivity contribution in [2.75, 3.05) is 7.11 Å². The lowest BCUT2D eigenvalue weighted by molar-refractivity contribution is 0.0495. The zero-order chi connectivity index (χ0) is 64.1. The highest BCUT2D eigenvalue weighted by atomic mass is 28.6. The van der Waals surface area contributed by atoms with E-state index in [0.717, 1.165) is 43.7 Å². The third-order valence-electron chi connectivity index (χ3n) is 19.4. The Hall–Kier alpha value is -4.71. The molecule has 5 heterocycles. The Kier molecular flexibility index (Phi) is 18.4. The minimum Gasteiger partial charge on any atom is -0.393 e. The predicted octanol–water partition coefficient (Wildman–Crippen LogP) is 7.24. The van der Waals surface area contributed by atoms with Gasteiger partial charge in [-0.15, -0.1) is 0 Å². The first kappa shape index (κ1) is 65.2. The van der Waals surface area contributed by atoms with Crippen LogP contribution in [0, 0.1) is 17.8 Å². The van der Waals surface area contributed by atoms with Crippen molar-refractivity contribution in [2.45, 2.75) is 102 Å². The van der Waals surface area contributed by atoms with Crippen LogP contribution in [0.2, 0.25) is 25.2 Å². The highest BCUT2D eigenvalue weighted by Gasteiger charge is 2.79. The van der Waals surface area contributed by atoms with E-state index >= 15 is 0 Å². The second-order valence-electron chi connectivity index (χ2n) is 26.2. The topological polar surface area (TPSA) is 162 Å². The molecule has 16 unspecified atom stereocenters. The molecular formula is C68H80O16Si10. The fraction of sp³-hybridized carbons (Fsp3) is 0.294. The summed E-state index contributed by atoms with van der Waals surface area (Å²) in [5, 5.41) is 16.0. The van der Waals surface area contributed by atoms with E-state index in [1.807, 2.05) is 243 Å². The highest BCUT2D eigenvalue weighted by Crippen LogP contribution is 2.47. The molecule has 26 heteroatoms. The van der Waals surface area contributed by atoms with Crippen molar-refractivity contribution >= 4 is 130 Å². The number of aliphatic hydroxyl groups is 1. The lowest BCUT2D eigenvalue weighted by atomic mass is 9.79. The Morgan fingerprint density at radius 2 is 0.702 bits per heavy atom. The van der Waals surface area contributed by atoms with Gasteiger partial charge in [-0.25, -0.2) is 0 Å². The molecule has 15 rings (SSSR count). The largest absolute Gasteiger partial charge is 0.520 e. The zero-order valence-corrected chi connectivity index (χ0v) is 63.4. The molecule has 488 valence electrons. The van der Waals surface area contributed by atoms with E-state index in [9.17, 15) is 5.11 Å². The molecule has 2 saturated carbocycles. The van der Waals surface area contributed by atoms with Crippen LogP contribution in [0.25, 0.3) is 0 Å². The van der Waals surface area contributed by atoms with Crippen LogP contribution < -0.4 is 41.5 Å². The molecule has 0 radical (unpaired) electrons. The van der Waals surface area contributed by atoms with Gasteiger partial charge >= 0.3 is 88.0 Å². The number of rotatable bonds is 15. The van der Waals surface area contributed by atoms with E-state index < -0.39 is 88.0 Å². The Balaban J connectivity index is 1.12. The second-order valence-corrected chi connectivity index (χ2v) is 56.2. The Morgan fingerprint density at radius 1 is 0.372 bits per heavy atom. The van der Waals surface area contributed by atoms with Crippen LogP contribution in [-0.2, 0) is 62.7 Å². The smallest absolute Gasteiger partial charge is 0.393 e. The van der Waals surface area contributed by atoms with Crippen LogP contribution >= 0.6 is 0 Å². The Bertz CT molecular complexity index is 3860.